The Morgan fingerprint density at radius 3 is 2.70 bits per heavy atom. The first-order valence-corrected chi connectivity index (χ1v) is 6.96. The molecule has 1 aliphatic heterocycles. The summed E-state index contributed by atoms with van der Waals surface area (Å²) in [6.45, 7) is 7.05. The van der Waals surface area contributed by atoms with E-state index < -0.39 is 0 Å². The molecule has 1 saturated heterocycles. The molecule has 2 aromatic rings. The SMILES string of the molecule is Cc1cc(C)cc(-c2noc(C3CN(C)CCN3)n2)c1. The number of likely N-dealkylation sites (N-methyl/N-ethyl adjacent to an activating group) is 1. The van der Waals surface area contributed by atoms with Crippen LogP contribution in [0, 0.1) is 13.8 Å². The van der Waals surface area contributed by atoms with Crippen LogP contribution in [0.4, 0.5) is 0 Å². The van der Waals surface area contributed by atoms with Gasteiger partial charge < -0.3 is 14.7 Å². The van der Waals surface area contributed by atoms with Gasteiger partial charge in [0, 0.05) is 25.2 Å². The standard InChI is InChI=1S/C15H20N4O/c1-10-6-11(2)8-12(7-10)14-17-15(20-18-14)13-9-19(3)5-4-16-13/h6-8,13,16H,4-5,9H2,1-3H3. The molecule has 1 atom stereocenters. The monoisotopic (exact) mass is 272 g/mol. The van der Waals surface area contributed by atoms with Gasteiger partial charge >= 0.3 is 0 Å². The van der Waals surface area contributed by atoms with Crippen molar-refractivity contribution in [3.63, 3.8) is 0 Å². The van der Waals surface area contributed by atoms with Crippen molar-refractivity contribution in [3.05, 3.63) is 35.2 Å². The molecule has 1 unspecified atom stereocenters. The summed E-state index contributed by atoms with van der Waals surface area (Å²) in [6.07, 6.45) is 0. The van der Waals surface area contributed by atoms with E-state index in [9.17, 15) is 0 Å². The third-order valence-electron chi connectivity index (χ3n) is 3.60. The number of hydrogen-bond acceptors (Lipinski definition) is 5. The molecule has 0 spiro atoms. The highest BCUT2D eigenvalue weighted by atomic mass is 16.5. The Bertz CT molecular complexity index is 587. The lowest BCUT2D eigenvalue weighted by molar-refractivity contribution is 0.208. The number of aryl methyl sites for hydroxylation is 2. The van der Waals surface area contributed by atoms with Gasteiger partial charge in [-0.2, -0.15) is 4.98 Å². The number of benzene rings is 1. The minimum absolute atomic E-state index is 0.126. The van der Waals surface area contributed by atoms with Crippen molar-refractivity contribution in [2.45, 2.75) is 19.9 Å². The predicted molar refractivity (Wildman–Crippen MR) is 77.4 cm³/mol. The van der Waals surface area contributed by atoms with Gasteiger partial charge in [-0.05, 0) is 33.0 Å². The topological polar surface area (TPSA) is 54.2 Å². The Hall–Kier alpha value is -1.72. The number of piperazine rings is 1. The van der Waals surface area contributed by atoms with Crippen LogP contribution in [0.3, 0.4) is 0 Å². The van der Waals surface area contributed by atoms with Gasteiger partial charge in [0.1, 0.15) is 6.04 Å². The molecule has 20 heavy (non-hydrogen) atoms. The highest BCUT2D eigenvalue weighted by Gasteiger charge is 2.23. The average Bonchev–Trinajstić information content (AvgIpc) is 2.87. The molecular formula is C15H20N4O. The van der Waals surface area contributed by atoms with E-state index in [1.807, 2.05) is 0 Å². The maximum atomic E-state index is 5.44. The van der Waals surface area contributed by atoms with Gasteiger partial charge in [-0.1, -0.05) is 22.3 Å². The third-order valence-corrected chi connectivity index (χ3v) is 3.60. The Labute approximate surface area is 119 Å². The van der Waals surface area contributed by atoms with Gasteiger partial charge in [-0.25, -0.2) is 0 Å². The van der Waals surface area contributed by atoms with Gasteiger partial charge in [0.25, 0.3) is 0 Å². The van der Waals surface area contributed by atoms with E-state index in [1.54, 1.807) is 0 Å². The van der Waals surface area contributed by atoms with Crippen molar-refractivity contribution in [1.29, 1.82) is 0 Å². The molecule has 0 saturated carbocycles. The number of aromatic nitrogens is 2. The Morgan fingerprint density at radius 1 is 1.25 bits per heavy atom. The molecule has 0 radical (unpaired) electrons. The smallest absolute Gasteiger partial charge is 0.245 e. The summed E-state index contributed by atoms with van der Waals surface area (Å²) in [5.41, 5.74) is 3.44. The maximum Gasteiger partial charge on any atom is 0.245 e. The van der Waals surface area contributed by atoms with Gasteiger partial charge in [0.05, 0.1) is 0 Å². The first kappa shape index (κ1) is 13.3. The number of nitrogens with one attached hydrogen (secondary N) is 1. The Balaban J connectivity index is 1.86. The Kier molecular flexibility index (Phi) is 3.54. The molecule has 0 bridgehead atoms. The second-order valence-electron chi connectivity index (χ2n) is 5.60. The van der Waals surface area contributed by atoms with Crippen molar-refractivity contribution >= 4 is 0 Å². The van der Waals surface area contributed by atoms with E-state index in [2.05, 4.69) is 59.5 Å². The minimum atomic E-state index is 0.126. The summed E-state index contributed by atoms with van der Waals surface area (Å²) >= 11 is 0. The molecule has 5 nitrogen and oxygen atoms in total. The lowest BCUT2D eigenvalue weighted by Crippen LogP contribution is -2.43. The van der Waals surface area contributed by atoms with E-state index in [0.717, 1.165) is 25.2 Å². The van der Waals surface area contributed by atoms with Crippen LogP contribution in [0.5, 0.6) is 0 Å². The quantitative estimate of drug-likeness (QED) is 0.905. The van der Waals surface area contributed by atoms with Gasteiger partial charge in [-0.3, -0.25) is 0 Å². The van der Waals surface area contributed by atoms with E-state index in [0.29, 0.717) is 11.7 Å². The van der Waals surface area contributed by atoms with Crippen molar-refractivity contribution in [2.24, 2.45) is 0 Å². The van der Waals surface area contributed by atoms with Crippen LogP contribution in [-0.2, 0) is 0 Å². The molecule has 1 aromatic heterocycles. The normalized spacial score (nSPS) is 20.2. The summed E-state index contributed by atoms with van der Waals surface area (Å²) < 4.78 is 5.44. The largest absolute Gasteiger partial charge is 0.337 e. The number of hydrogen-bond donors (Lipinski definition) is 1. The summed E-state index contributed by atoms with van der Waals surface area (Å²) in [7, 11) is 2.11. The molecule has 0 amide bonds. The van der Waals surface area contributed by atoms with Crippen LogP contribution in [-0.4, -0.2) is 41.7 Å². The second-order valence-corrected chi connectivity index (χ2v) is 5.60. The summed E-state index contributed by atoms with van der Waals surface area (Å²) in [4.78, 5) is 6.82. The molecular weight excluding hydrogens is 252 g/mol. The fourth-order valence-electron chi connectivity index (χ4n) is 2.66. The van der Waals surface area contributed by atoms with Crippen LogP contribution in [0.2, 0.25) is 0 Å². The fourth-order valence-corrected chi connectivity index (χ4v) is 2.66. The first-order chi connectivity index (χ1) is 9.61. The van der Waals surface area contributed by atoms with Gasteiger partial charge in [0.2, 0.25) is 11.7 Å². The van der Waals surface area contributed by atoms with Crippen molar-refractivity contribution in [1.82, 2.24) is 20.4 Å². The maximum absolute atomic E-state index is 5.44. The molecule has 2 heterocycles. The molecule has 3 rings (SSSR count). The zero-order valence-electron chi connectivity index (χ0n) is 12.2. The van der Waals surface area contributed by atoms with Crippen LogP contribution < -0.4 is 5.32 Å². The lowest BCUT2D eigenvalue weighted by atomic mass is 10.1. The molecule has 1 aliphatic rings. The third kappa shape index (κ3) is 2.73. The molecule has 0 aliphatic carbocycles. The molecule has 1 N–H and O–H groups in total. The van der Waals surface area contributed by atoms with E-state index >= 15 is 0 Å². The van der Waals surface area contributed by atoms with Crippen LogP contribution >= 0.6 is 0 Å². The predicted octanol–water partition coefficient (Wildman–Crippen LogP) is 1.93. The van der Waals surface area contributed by atoms with Crippen LogP contribution in [0.25, 0.3) is 11.4 Å². The fraction of sp³-hybridized carbons (Fsp3) is 0.467. The van der Waals surface area contributed by atoms with E-state index in [-0.39, 0.29) is 6.04 Å². The number of rotatable bonds is 2. The second kappa shape index (κ2) is 5.34. The molecule has 106 valence electrons. The molecule has 1 fully saturated rings. The Morgan fingerprint density at radius 2 is 2.00 bits per heavy atom. The van der Waals surface area contributed by atoms with Crippen molar-refractivity contribution < 1.29 is 4.52 Å². The summed E-state index contributed by atoms with van der Waals surface area (Å²) in [6, 6.07) is 6.44. The van der Waals surface area contributed by atoms with Gasteiger partial charge in [-0.15, -0.1) is 0 Å². The highest BCUT2D eigenvalue weighted by Crippen LogP contribution is 2.22. The zero-order valence-corrected chi connectivity index (χ0v) is 12.2. The van der Waals surface area contributed by atoms with E-state index in [4.69, 9.17) is 4.52 Å². The highest BCUT2D eigenvalue weighted by molar-refractivity contribution is 5.57. The molecule has 5 heteroatoms. The average molecular weight is 272 g/mol. The summed E-state index contributed by atoms with van der Waals surface area (Å²) in [5, 5.41) is 7.54. The molecule has 1 aromatic carbocycles. The van der Waals surface area contributed by atoms with Crippen molar-refractivity contribution in [2.75, 3.05) is 26.7 Å². The first-order valence-electron chi connectivity index (χ1n) is 6.96. The lowest BCUT2D eigenvalue weighted by Gasteiger charge is -2.28. The van der Waals surface area contributed by atoms with E-state index in [1.165, 1.54) is 11.1 Å². The van der Waals surface area contributed by atoms with Crippen molar-refractivity contribution in [3.8, 4) is 11.4 Å². The van der Waals surface area contributed by atoms with Crippen LogP contribution in [0.15, 0.2) is 22.7 Å². The van der Waals surface area contributed by atoms with Gasteiger partial charge in [0.15, 0.2) is 0 Å². The number of nitrogens with zero attached hydrogens (tertiary/aromatic N) is 3. The zero-order chi connectivity index (χ0) is 14.1. The summed E-state index contributed by atoms with van der Waals surface area (Å²) in [5.74, 6) is 1.34. The van der Waals surface area contributed by atoms with Crippen LogP contribution in [0.1, 0.15) is 23.1 Å². The minimum Gasteiger partial charge on any atom is -0.337 e.